The molecule has 100 valence electrons. The molecular weight excluding hydrogens is 224 g/mol. The van der Waals surface area contributed by atoms with Crippen molar-refractivity contribution < 1.29 is 23.8 Å². The van der Waals surface area contributed by atoms with E-state index in [0.717, 1.165) is 0 Å². The molecule has 0 heterocycles. The van der Waals surface area contributed by atoms with Gasteiger partial charge in [-0.25, -0.2) is 0 Å². The summed E-state index contributed by atoms with van der Waals surface area (Å²) in [6.07, 6.45) is 0.313. The molecule has 0 spiro atoms. The van der Waals surface area contributed by atoms with Crippen LogP contribution >= 0.6 is 0 Å². The number of esters is 1. The van der Waals surface area contributed by atoms with Crippen LogP contribution in [0.4, 0.5) is 0 Å². The molecule has 0 unspecified atom stereocenters. The summed E-state index contributed by atoms with van der Waals surface area (Å²) in [5, 5.41) is 0. The van der Waals surface area contributed by atoms with E-state index in [0.29, 0.717) is 32.8 Å². The van der Waals surface area contributed by atoms with Crippen molar-refractivity contribution >= 4 is 11.8 Å². The molecule has 0 aromatic rings. The third kappa shape index (κ3) is 9.96. The summed E-state index contributed by atoms with van der Waals surface area (Å²) in [6, 6.07) is 0. The number of carbonyl (C=O) groups excluding carboxylic acids is 2. The zero-order chi connectivity index (χ0) is 13.1. The second kappa shape index (κ2) is 10.2. The van der Waals surface area contributed by atoms with E-state index in [2.05, 4.69) is 4.74 Å². The van der Waals surface area contributed by atoms with E-state index >= 15 is 0 Å². The van der Waals surface area contributed by atoms with E-state index in [1.165, 1.54) is 6.92 Å². The van der Waals surface area contributed by atoms with Crippen LogP contribution in [0.1, 0.15) is 27.2 Å². The molecule has 17 heavy (non-hydrogen) atoms. The summed E-state index contributed by atoms with van der Waals surface area (Å²) in [7, 11) is 0. The van der Waals surface area contributed by atoms with E-state index in [4.69, 9.17) is 9.47 Å². The summed E-state index contributed by atoms with van der Waals surface area (Å²) in [6.45, 7) is 7.12. The van der Waals surface area contributed by atoms with Crippen LogP contribution in [-0.4, -0.2) is 44.8 Å². The van der Waals surface area contributed by atoms with Crippen LogP contribution in [0, 0.1) is 5.92 Å². The van der Waals surface area contributed by atoms with Crippen LogP contribution in [0.25, 0.3) is 0 Å². The van der Waals surface area contributed by atoms with Gasteiger partial charge in [0.15, 0.2) is 5.78 Å². The number of hydrogen-bond donors (Lipinski definition) is 0. The Hall–Kier alpha value is -0.940. The van der Waals surface area contributed by atoms with Crippen molar-refractivity contribution in [3.8, 4) is 0 Å². The lowest BCUT2D eigenvalue weighted by Gasteiger charge is -2.15. The third-order valence-corrected chi connectivity index (χ3v) is 2.07. The van der Waals surface area contributed by atoms with Gasteiger partial charge in [-0.05, 0) is 13.8 Å². The van der Waals surface area contributed by atoms with Crippen LogP contribution in [0.5, 0.6) is 0 Å². The smallest absolute Gasteiger partial charge is 0.303 e. The fourth-order valence-electron chi connectivity index (χ4n) is 1.30. The van der Waals surface area contributed by atoms with Gasteiger partial charge in [0.2, 0.25) is 0 Å². The Morgan fingerprint density at radius 3 is 2.00 bits per heavy atom. The standard InChI is InChI=1S/C12H22O5/c1-4-15-7-11(8-16-5-2)6-12(14)9-17-10(3)13/h11H,4-9H2,1-3H3. The molecule has 0 saturated carbocycles. The Morgan fingerprint density at radius 2 is 1.59 bits per heavy atom. The summed E-state index contributed by atoms with van der Waals surface area (Å²) in [4.78, 5) is 22.1. The minimum absolute atomic E-state index is 0.0259. The van der Waals surface area contributed by atoms with Gasteiger partial charge < -0.3 is 14.2 Å². The molecule has 0 bridgehead atoms. The van der Waals surface area contributed by atoms with Crippen molar-refractivity contribution in [2.24, 2.45) is 5.92 Å². The monoisotopic (exact) mass is 246 g/mol. The van der Waals surface area contributed by atoms with Crippen LogP contribution in [0.2, 0.25) is 0 Å². The molecule has 0 aliphatic rings. The highest BCUT2D eigenvalue weighted by Crippen LogP contribution is 2.06. The van der Waals surface area contributed by atoms with Gasteiger partial charge in [0.05, 0.1) is 13.2 Å². The van der Waals surface area contributed by atoms with Crippen molar-refractivity contribution in [2.45, 2.75) is 27.2 Å². The van der Waals surface area contributed by atoms with Gasteiger partial charge in [0.1, 0.15) is 6.61 Å². The molecule has 0 aromatic carbocycles. The first-order valence-corrected chi connectivity index (χ1v) is 5.90. The number of ether oxygens (including phenoxy) is 3. The minimum Gasteiger partial charge on any atom is -0.458 e. The van der Waals surface area contributed by atoms with E-state index in [-0.39, 0.29) is 18.3 Å². The average Bonchev–Trinajstić information content (AvgIpc) is 2.30. The summed E-state index contributed by atoms with van der Waals surface area (Å²) >= 11 is 0. The lowest BCUT2D eigenvalue weighted by atomic mass is 10.1. The van der Waals surface area contributed by atoms with Crippen molar-refractivity contribution in [1.82, 2.24) is 0 Å². The highest BCUT2D eigenvalue weighted by Gasteiger charge is 2.15. The Morgan fingerprint density at radius 1 is 1.06 bits per heavy atom. The minimum atomic E-state index is -0.440. The van der Waals surface area contributed by atoms with Gasteiger partial charge in [-0.3, -0.25) is 9.59 Å². The highest BCUT2D eigenvalue weighted by atomic mass is 16.5. The van der Waals surface area contributed by atoms with Crippen LogP contribution < -0.4 is 0 Å². The molecule has 0 rings (SSSR count). The largest absolute Gasteiger partial charge is 0.458 e. The molecule has 0 N–H and O–H groups in total. The Kier molecular flexibility index (Phi) is 9.66. The Labute approximate surface area is 102 Å². The van der Waals surface area contributed by atoms with Crippen molar-refractivity contribution in [3.63, 3.8) is 0 Å². The van der Waals surface area contributed by atoms with Crippen molar-refractivity contribution in [2.75, 3.05) is 33.0 Å². The molecule has 5 heteroatoms. The van der Waals surface area contributed by atoms with Crippen molar-refractivity contribution in [1.29, 1.82) is 0 Å². The lowest BCUT2D eigenvalue weighted by molar-refractivity contribution is -0.146. The maximum atomic E-state index is 11.5. The number of rotatable bonds is 10. The zero-order valence-electron chi connectivity index (χ0n) is 10.9. The SMILES string of the molecule is CCOCC(COCC)CC(=O)COC(C)=O. The van der Waals surface area contributed by atoms with Crippen LogP contribution in [-0.2, 0) is 23.8 Å². The quantitative estimate of drug-likeness (QED) is 0.542. The second-order valence-corrected chi connectivity index (χ2v) is 3.71. The third-order valence-electron chi connectivity index (χ3n) is 2.07. The average molecular weight is 246 g/mol. The van der Waals surface area contributed by atoms with E-state index in [1.807, 2.05) is 13.8 Å². The van der Waals surface area contributed by atoms with E-state index in [9.17, 15) is 9.59 Å². The Balaban J connectivity index is 3.93. The van der Waals surface area contributed by atoms with Gasteiger partial charge in [-0.1, -0.05) is 0 Å². The second-order valence-electron chi connectivity index (χ2n) is 3.71. The molecular formula is C12H22O5. The van der Waals surface area contributed by atoms with E-state index in [1.54, 1.807) is 0 Å². The number of hydrogen-bond acceptors (Lipinski definition) is 5. The number of Topliss-reactive ketones (excluding diaryl/α,β-unsaturated/α-hetero) is 1. The van der Waals surface area contributed by atoms with Crippen molar-refractivity contribution in [3.05, 3.63) is 0 Å². The molecule has 0 aromatic heterocycles. The fourth-order valence-corrected chi connectivity index (χ4v) is 1.30. The van der Waals surface area contributed by atoms with Gasteiger partial charge in [-0.15, -0.1) is 0 Å². The first-order valence-electron chi connectivity index (χ1n) is 5.90. The molecule has 0 atom stereocenters. The normalized spacial score (nSPS) is 10.6. The van der Waals surface area contributed by atoms with Gasteiger partial charge >= 0.3 is 5.97 Å². The fraction of sp³-hybridized carbons (Fsp3) is 0.833. The van der Waals surface area contributed by atoms with Crippen LogP contribution in [0.15, 0.2) is 0 Å². The maximum absolute atomic E-state index is 11.5. The van der Waals surface area contributed by atoms with Gasteiger partial charge in [0.25, 0.3) is 0 Å². The first-order chi connectivity index (χ1) is 8.10. The lowest BCUT2D eigenvalue weighted by Crippen LogP contribution is -2.23. The van der Waals surface area contributed by atoms with Crippen LogP contribution in [0.3, 0.4) is 0 Å². The zero-order valence-corrected chi connectivity index (χ0v) is 10.9. The molecule has 0 saturated heterocycles. The van der Waals surface area contributed by atoms with Gasteiger partial charge in [-0.2, -0.15) is 0 Å². The molecule has 0 radical (unpaired) electrons. The Bertz CT molecular complexity index is 219. The van der Waals surface area contributed by atoms with Gasteiger partial charge in [0, 0.05) is 32.5 Å². The number of ketones is 1. The highest BCUT2D eigenvalue weighted by molar-refractivity contribution is 5.82. The summed E-state index contributed by atoms with van der Waals surface area (Å²) < 4.78 is 15.2. The van der Waals surface area contributed by atoms with E-state index < -0.39 is 5.97 Å². The molecule has 0 aliphatic heterocycles. The maximum Gasteiger partial charge on any atom is 0.303 e. The topological polar surface area (TPSA) is 61.8 Å². The molecule has 0 aliphatic carbocycles. The first kappa shape index (κ1) is 16.1. The molecule has 0 amide bonds. The summed E-state index contributed by atoms with van der Waals surface area (Å²) in [5.41, 5.74) is 0. The number of carbonyl (C=O) groups is 2. The molecule has 5 nitrogen and oxygen atoms in total. The summed E-state index contributed by atoms with van der Waals surface area (Å²) in [5.74, 6) is -0.521. The predicted octanol–water partition coefficient (Wildman–Crippen LogP) is 1.20. The molecule has 0 fully saturated rings. The predicted molar refractivity (Wildman–Crippen MR) is 62.7 cm³/mol.